The zero-order valence-corrected chi connectivity index (χ0v) is 13.8. The molecule has 17 heavy (non-hydrogen) atoms. The second-order valence-corrected chi connectivity index (χ2v) is 12.3. The molecule has 98 valence electrons. The van der Waals surface area contributed by atoms with Crippen LogP contribution in [0.25, 0.3) is 0 Å². The van der Waals surface area contributed by atoms with E-state index in [4.69, 9.17) is 10.1 Å². The van der Waals surface area contributed by atoms with Gasteiger partial charge in [-0.2, -0.15) is 0 Å². The number of rotatable bonds is 3. The molecule has 0 amide bonds. The van der Waals surface area contributed by atoms with Gasteiger partial charge in [0.1, 0.15) is 0 Å². The monoisotopic (exact) mass is 342 g/mol. The fourth-order valence-corrected chi connectivity index (χ4v) is 10.1. The first-order valence-electron chi connectivity index (χ1n) is 5.86. The van der Waals surface area contributed by atoms with Gasteiger partial charge in [0, 0.05) is 0 Å². The van der Waals surface area contributed by atoms with Crippen molar-refractivity contribution in [3.05, 3.63) is 29.8 Å². The summed E-state index contributed by atoms with van der Waals surface area (Å²) in [6, 6.07) is 8.68. The zero-order chi connectivity index (χ0) is 11.8. The Kier molecular flexibility index (Phi) is 5.37. The van der Waals surface area contributed by atoms with Gasteiger partial charge in [0.2, 0.25) is 0 Å². The van der Waals surface area contributed by atoms with Crippen molar-refractivity contribution in [3.63, 3.8) is 0 Å². The molecule has 2 atom stereocenters. The van der Waals surface area contributed by atoms with Crippen molar-refractivity contribution in [2.45, 2.75) is 38.1 Å². The summed E-state index contributed by atoms with van der Waals surface area (Å²) >= 11 is -2.17. The Balaban J connectivity index is 0.00000144. The third kappa shape index (κ3) is 2.52. The number of benzene rings is 1. The number of halogens is 2. The summed E-state index contributed by atoms with van der Waals surface area (Å²) in [5.74, 6) is 0. The second-order valence-electron chi connectivity index (χ2n) is 4.33. The molecule has 0 spiro atoms. The van der Waals surface area contributed by atoms with E-state index in [2.05, 4.69) is 48.7 Å². The number of hydrogen-bond acceptors (Lipinski definition) is 0. The van der Waals surface area contributed by atoms with E-state index in [1.54, 1.807) is 0 Å². The molecule has 1 aromatic rings. The molecule has 0 N–H and O–H groups in total. The van der Waals surface area contributed by atoms with Crippen molar-refractivity contribution >= 4 is 26.8 Å². The van der Waals surface area contributed by atoms with E-state index in [0.717, 1.165) is 5.32 Å². The van der Waals surface area contributed by atoms with Crippen LogP contribution in [0.2, 0.25) is 5.32 Å². The van der Waals surface area contributed by atoms with Gasteiger partial charge in [0.15, 0.2) is 0 Å². The first kappa shape index (κ1) is 15.3. The van der Waals surface area contributed by atoms with Crippen LogP contribution in [0.4, 0.5) is 0 Å². The van der Waals surface area contributed by atoms with Gasteiger partial charge in [0.05, 0.1) is 0 Å². The molecule has 2 rings (SSSR count). The van der Waals surface area contributed by atoms with Crippen LogP contribution in [-0.2, 0) is 3.45 Å². The summed E-state index contributed by atoms with van der Waals surface area (Å²) in [5, 5.41) is 1.15. The molecule has 0 saturated heterocycles. The van der Waals surface area contributed by atoms with E-state index in [1.165, 1.54) is 22.9 Å². The third-order valence-corrected chi connectivity index (χ3v) is 12.3. The molecule has 4 heteroatoms. The Morgan fingerprint density at radius 2 is 2.00 bits per heavy atom. The van der Waals surface area contributed by atoms with Crippen LogP contribution in [0, 0.1) is 0 Å². The van der Waals surface area contributed by atoms with Crippen LogP contribution in [0.3, 0.4) is 0 Å². The maximum Gasteiger partial charge on any atom is -1.00 e. The summed E-state index contributed by atoms with van der Waals surface area (Å²) < 4.78 is 4.76. The standard InChI is InChI=1S/C13H20ClOSe.ClH/c1-4-5-10-16(14)13-9-7-6-8-12(13)11(2)15(16)3;/h6-9,11H,4-5,10H2,1-3H3;1H/q+1;/p-1/t11-;/m1./s1. The van der Waals surface area contributed by atoms with E-state index in [1.807, 2.05) is 0 Å². The molecular formula is C13H20Cl2OSe. The van der Waals surface area contributed by atoms with Gasteiger partial charge in [-0.3, -0.25) is 0 Å². The van der Waals surface area contributed by atoms with Crippen LogP contribution in [0.5, 0.6) is 0 Å². The minimum atomic E-state index is -2.17. The van der Waals surface area contributed by atoms with E-state index in [0.29, 0.717) is 6.10 Å². The molecule has 1 aliphatic rings. The molecule has 1 nitrogen and oxygen atoms in total. The van der Waals surface area contributed by atoms with E-state index in [9.17, 15) is 0 Å². The summed E-state index contributed by atoms with van der Waals surface area (Å²) in [7, 11) is 9.09. The van der Waals surface area contributed by atoms with Gasteiger partial charge >= 0.3 is 105 Å². The van der Waals surface area contributed by atoms with E-state index in [-0.39, 0.29) is 12.4 Å². The minimum absolute atomic E-state index is 0. The Labute approximate surface area is 117 Å². The summed E-state index contributed by atoms with van der Waals surface area (Å²) in [6.07, 6.45) is 2.85. The average molecular weight is 342 g/mol. The molecule has 0 radical (unpaired) electrons. The molecule has 1 unspecified atom stereocenters. The smallest absolute Gasteiger partial charge is 1.00 e. The van der Waals surface area contributed by atoms with Gasteiger partial charge in [-0.25, -0.2) is 0 Å². The van der Waals surface area contributed by atoms with Crippen LogP contribution in [0.1, 0.15) is 38.4 Å². The molecule has 0 saturated carbocycles. The van der Waals surface area contributed by atoms with Crippen LogP contribution in [0.15, 0.2) is 24.3 Å². The van der Waals surface area contributed by atoms with E-state index < -0.39 is 12.3 Å². The molecule has 0 aliphatic carbocycles. The van der Waals surface area contributed by atoms with Gasteiger partial charge in [-0.15, -0.1) is 0 Å². The minimum Gasteiger partial charge on any atom is -1.00 e. The summed E-state index contributed by atoms with van der Waals surface area (Å²) in [6.45, 7) is 4.46. The first-order chi connectivity index (χ1) is 7.61. The Morgan fingerprint density at radius 1 is 1.35 bits per heavy atom. The molecule has 0 fully saturated rings. The van der Waals surface area contributed by atoms with Crippen molar-refractivity contribution in [1.29, 1.82) is 0 Å². The van der Waals surface area contributed by atoms with Crippen molar-refractivity contribution in [3.8, 4) is 0 Å². The zero-order valence-electron chi connectivity index (χ0n) is 10.6. The quantitative estimate of drug-likeness (QED) is 0.560. The predicted molar refractivity (Wildman–Crippen MR) is 72.8 cm³/mol. The first-order valence-corrected chi connectivity index (χ1v) is 10.9. The largest absolute Gasteiger partial charge is 1.00 e. The third-order valence-electron chi connectivity index (χ3n) is 3.36. The predicted octanol–water partition coefficient (Wildman–Crippen LogP) is 0.635. The van der Waals surface area contributed by atoms with Gasteiger partial charge in [-0.05, 0) is 0 Å². The molecule has 0 aromatic heterocycles. The molecular weight excluding hydrogens is 322 g/mol. The maximum atomic E-state index is 6.97. The van der Waals surface area contributed by atoms with Gasteiger partial charge < -0.3 is 12.4 Å². The van der Waals surface area contributed by atoms with Crippen LogP contribution in [-0.4, -0.2) is 19.4 Å². The fourth-order valence-electron chi connectivity index (χ4n) is 2.21. The van der Waals surface area contributed by atoms with E-state index >= 15 is 0 Å². The maximum absolute atomic E-state index is 6.97. The molecule has 1 aromatic carbocycles. The normalized spacial score (nSPS) is 31.4. The second kappa shape index (κ2) is 5.95. The Hall–Kier alpha value is 0.279. The van der Waals surface area contributed by atoms with Gasteiger partial charge in [-0.1, -0.05) is 0 Å². The van der Waals surface area contributed by atoms with Gasteiger partial charge in [0.25, 0.3) is 0 Å². The fraction of sp³-hybridized carbons (Fsp3) is 0.538. The van der Waals surface area contributed by atoms with Crippen LogP contribution < -0.4 is 16.9 Å². The van der Waals surface area contributed by atoms with Crippen LogP contribution >= 0.6 is 10.1 Å². The van der Waals surface area contributed by atoms with Crippen molar-refractivity contribution in [2.75, 3.05) is 7.11 Å². The molecule has 1 aliphatic heterocycles. The topological polar surface area (TPSA) is 2.70 Å². The summed E-state index contributed by atoms with van der Waals surface area (Å²) in [4.78, 5) is 0. The SMILES string of the molecule is CCCC[Se]1(Cl)c2ccccc2[C@@H](C)[O+]1C.[Cl-]. The van der Waals surface area contributed by atoms with Crippen molar-refractivity contribution in [1.82, 2.24) is 0 Å². The van der Waals surface area contributed by atoms with Crippen molar-refractivity contribution < 1.29 is 15.9 Å². The number of hydrogen-bond donors (Lipinski definition) is 0. The average Bonchev–Trinajstić information content (AvgIpc) is 2.51. The molecule has 1 heterocycles. The number of fused-ring (bicyclic) bond motifs is 1. The molecule has 0 bridgehead atoms. The Bertz CT molecular complexity index is 385. The van der Waals surface area contributed by atoms with Crippen molar-refractivity contribution in [2.24, 2.45) is 0 Å². The number of unbranched alkanes of at least 4 members (excludes halogenated alkanes) is 1. The summed E-state index contributed by atoms with van der Waals surface area (Å²) in [5.41, 5.74) is 1.42. The Morgan fingerprint density at radius 3 is 2.65 bits per heavy atom.